The molecule has 0 bridgehead atoms. The number of carboxylic acids is 1. The molecule has 3 heteroatoms. The van der Waals surface area contributed by atoms with E-state index < -0.39 is 5.97 Å². The van der Waals surface area contributed by atoms with Gasteiger partial charge in [-0.1, -0.05) is 41.5 Å². The first-order valence-corrected chi connectivity index (χ1v) is 8.23. The molecule has 1 aliphatic rings. The van der Waals surface area contributed by atoms with Crippen LogP contribution in [-0.4, -0.2) is 23.7 Å². The number of quaternary nitrogens is 1. The Kier molecular flexibility index (Phi) is 7.24. The molecule has 0 heterocycles. The Hall–Kier alpha value is -1.87. The van der Waals surface area contributed by atoms with Crippen LogP contribution in [0, 0.1) is 0 Å². The van der Waals surface area contributed by atoms with Gasteiger partial charge in [0.1, 0.15) is 5.54 Å². The van der Waals surface area contributed by atoms with E-state index in [1.54, 1.807) is 13.0 Å². The van der Waals surface area contributed by atoms with E-state index in [2.05, 4.69) is 45.3 Å². The number of aliphatic carboxylic acids is 1. The lowest BCUT2D eigenvalue weighted by Gasteiger charge is -2.33. The van der Waals surface area contributed by atoms with Crippen LogP contribution in [0.3, 0.4) is 0 Å². The molecule has 1 aliphatic carbocycles. The van der Waals surface area contributed by atoms with Crippen molar-refractivity contribution in [3.63, 3.8) is 0 Å². The minimum atomic E-state index is -0.914. The van der Waals surface area contributed by atoms with Crippen LogP contribution < -0.4 is 5.32 Å². The largest absolute Gasteiger partial charge is 0.478 e. The number of nitrogens with two attached hydrogens (primary N) is 1. The van der Waals surface area contributed by atoms with Crippen LogP contribution in [0.4, 0.5) is 0 Å². The molecule has 0 saturated heterocycles. The second-order valence-electron chi connectivity index (χ2n) is 6.58. The monoisotopic (exact) mass is 316 g/mol. The summed E-state index contributed by atoms with van der Waals surface area (Å²) in [5.74, 6) is -0.914. The number of carboxylic acid groups (broad SMARTS) is 1. The third-order valence-electron chi connectivity index (χ3n) is 4.54. The van der Waals surface area contributed by atoms with Crippen molar-refractivity contribution in [3.8, 4) is 0 Å². The smallest absolute Gasteiger partial charge is 0.328 e. The molecule has 3 nitrogen and oxygen atoms in total. The van der Waals surface area contributed by atoms with Crippen LogP contribution >= 0.6 is 0 Å². The first-order chi connectivity index (χ1) is 10.8. The predicted octanol–water partition coefficient (Wildman–Crippen LogP) is 3.53. The van der Waals surface area contributed by atoms with Gasteiger partial charge in [0.15, 0.2) is 0 Å². The minimum absolute atomic E-state index is 0.176. The van der Waals surface area contributed by atoms with Crippen molar-refractivity contribution in [1.82, 2.24) is 0 Å². The Morgan fingerprint density at radius 1 is 1.26 bits per heavy atom. The van der Waals surface area contributed by atoms with Gasteiger partial charge in [0.25, 0.3) is 0 Å². The van der Waals surface area contributed by atoms with Crippen LogP contribution in [-0.2, 0) is 4.79 Å². The van der Waals surface area contributed by atoms with Crippen molar-refractivity contribution < 1.29 is 15.2 Å². The van der Waals surface area contributed by atoms with Gasteiger partial charge in [-0.25, -0.2) is 4.79 Å². The van der Waals surface area contributed by atoms with Gasteiger partial charge < -0.3 is 10.4 Å². The predicted molar refractivity (Wildman–Crippen MR) is 96.2 cm³/mol. The molecule has 23 heavy (non-hydrogen) atoms. The molecule has 0 aliphatic heterocycles. The molecule has 0 radical (unpaired) electrons. The number of allylic oxidation sites excluding steroid dienone is 7. The van der Waals surface area contributed by atoms with E-state index in [4.69, 9.17) is 5.11 Å². The van der Waals surface area contributed by atoms with E-state index in [-0.39, 0.29) is 5.54 Å². The maximum atomic E-state index is 10.6. The Bertz CT molecular complexity index is 591. The van der Waals surface area contributed by atoms with Gasteiger partial charge in [0.2, 0.25) is 0 Å². The summed E-state index contributed by atoms with van der Waals surface area (Å²) in [7, 11) is 2.15. The molecule has 0 aromatic carbocycles. The summed E-state index contributed by atoms with van der Waals surface area (Å²) in [6.45, 7) is 8.39. The van der Waals surface area contributed by atoms with Crippen LogP contribution in [0.25, 0.3) is 0 Å². The molecule has 0 amide bonds. The number of hydrogen-bond acceptors (Lipinski definition) is 1. The third kappa shape index (κ3) is 6.03. The first-order valence-electron chi connectivity index (χ1n) is 8.23. The van der Waals surface area contributed by atoms with Gasteiger partial charge in [-0.2, -0.15) is 0 Å². The SMILES string of the molecule is C[NH2+][C@]1(C)CCCC(C)=C1/C=C/C(C)=C/C=C/C(C)=C/C(=O)O. The molecule has 0 spiro atoms. The van der Waals surface area contributed by atoms with E-state index >= 15 is 0 Å². The molecule has 0 aromatic heterocycles. The summed E-state index contributed by atoms with van der Waals surface area (Å²) >= 11 is 0. The Morgan fingerprint density at radius 3 is 2.57 bits per heavy atom. The quantitative estimate of drug-likeness (QED) is 0.582. The van der Waals surface area contributed by atoms with Gasteiger partial charge >= 0.3 is 5.97 Å². The highest BCUT2D eigenvalue weighted by atomic mass is 16.4. The minimum Gasteiger partial charge on any atom is -0.478 e. The highest BCUT2D eigenvalue weighted by molar-refractivity contribution is 5.81. The van der Waals surface area contributed by atoms with E-state index in [1.807, 2.05) is 12.2 Å². The van der Waals surface area contributed by atoms with Gasteiger partial charge in [0, 0.05) is 18.1 Å². The van der Waals surface area contributed by atoms with Crippen LogP contribution in [0.5, 0.6) is 0 Å². The fraction of sp³-hybridized carbons (Fsp3) is 0.450. The van der Waals surface area contributed by atoms with Gasteiger partial charge in [-0.15, -0.1) is 0 Å². The molecule has 0 aromatic rings. The zero-order valence-corrected chi connectivity index (χ0v) is 15.0. The van der Waals surface area contributed by atoms with Crippen molar-refractivity contribution in [1.29, 1.82) is 0 Å². The second-order valence-corrected chi connectivity index (χ2v) is 6.58. The number of likely N-dealkylation sites (N-methyl/N-ethyl adjacent to an activating group) is 1. The lowest BCUT2D eigenvalue weighted by molar-refractivity contribution is -0.691. The molecule has 0 fully saturated rings. The zero-order valence-electron chi connectivity index (χ0n) is 15.0. The summed E-state index contributed by atoms with van der Waals surface area (Å²) in [4.78, 5) is 10.6. The van der Waals surface area contributed by atoms with E-state index in [0.717, 1.165) is 11.1 Å². The van der Waals surface area contributed by atoms with Crippen LogP contribution in [0.1, 0.15) is 47.0 Å². The summed E-state index contributed by atoms with van der Waals surface area (Å²) in [6.07, 6.45) is 14.9. The Balaban J connectivity index is 2.85. The van der Waals surface area contributed by atoms with Crippen molar-refractivity contribution >= 4 is 5.97 Å². The first kappa shape index (κ1) is 19.2. The summed E-state index contributed by atoms with van der Waals surface area (Å²) in [6, 6.07) is 0. The van der Waals surface area contributed by atoms with Crippen molar-refractivity contribution in [3.05, 3.63) is 58.7 Å². The zero-order chi connectivity index (χ0) is 17.5. The molecule has 1 atom stereocenters. The fourth-order valence-corrected chi connectivity index (χ4v) is 2.97. The molecular weight excluding hydrogens is 286 g/mol. The lowest BCUT2D eigenvalue weighted by atomic mass is 9.78. The standard InChI is InChI=1S/C20H29NO2/c1-15(8-6-9-16(2)14-19(22)23)11-12-18-17(3)10-7-13-20(18,4)21-5/h6,8-9,11-12,14,21H,7,10,13H2,1-5H3,(H,22,23)/p+1/b9-6+,12-11+,15-8+,16-14+/t20-/m1/s1. The Labute approximate surface area is 140 Å². The normalized spacial score (nSPS) is 24.0. The van der Waals surface area contributed by atoms with Crippen molar-refractivity contribution in [2.75, 3.05) is 7.05 Å². The molecular formula is C20H30NO2+. The summed E-state index contributed by atoms with van der Waals surface area (Å²) < 4.78 is 0. The van der Waals surface area contributed by atoms with E-state index in [0.29, 0.717) is 0 Å². The average molecular weight is 316 g/mol. The fourth-order valence-electron chi connectivity index (χ4n) is 2.97. The second kappa shape index (κ2) is 8.68. The van der Waals surface area contributed by atoms with Crippen molar-refractivity contribution in [2.24, 2.45) is 0 Å². The summed E-state index contributed by atoms with van der Waals surface area (Å²) in [5, 5.41) is 11.0. The maximum absolute atomic E-state index is 10.6. The van der Waals surface area contributed by atoms with Gasteiger partial charge in [0.05, 0.1) is 7.05 Å². The molecule has 1 rings (SSSR count). The number of carbonyl (C=O) groups is 1. The number of rotatable bonds is 6. The molecule has 126 valence electrons. The molecule has 3 N–H and O–H groups in total. The maximum Gasteiger partial charge on any atom is 0.328 e. The van der Waals surface area contributed by atoms with Crippen LogP contribution in [0.15, 0.2) is 58.7 Å². The third-order valence-corrected chi connectivity index (χ3v) is 4.54. The van der Waals surface area contributed by atoms with Gasteiger partial charge in [-0.3, -0.25) is 0 Å². The number of hydrogen-bond donors (Lipinski definition) is 2. The van der Waals surface area contributed by atoms with E-state index in [1.165, 1.54) is 36.5 Å². The topological polar surface area (TPSA) is 53.9 Å². The molecule has 0 saturated carbocycles. The summed E-state index contributed by atoms with van der Waals surface area (Å²) in [5.41, 5.74) is 4.97. The molecule has 0 unspecified atom stereocenters. The van der Waals surface area contributed by atoms with Crippen molar-refractivity contribution in [2.45, 2.75) is 52.5 Å². The Morgan fingerprint density at radius 2 is 1.96 bits per heavy atom. The van der Waals surface area contributed by atoms with Gasteiger partial charge in [-0.05, 0) is 46.1 Å². The van der Waals surface area contributed by atoms with Crippen LogP contribution in [0.2, 0.25) is 0 Å². The highest BCUT2D eigenvalue weighted by Gasteiger charge is 2.33. The average Bonchev–Trinajstić information content (AvgIpc) is 2.46. The van der Waals surface area contributed by atoms with E-state index in [9.17, 15) is 4.79 Å². The highest BCUT2D eigenvalue weighted by Crippen LogP contribution is 2.31. The lowest BCUT2D eigenvalue weighted by Crippen LogP contribution is -2.93.